The number of fused-ring (bicyclic) bond motifs is 1. The zero-order valence-corrected chi connectivity index (χ0v) is 19.1. The third kappa shape index (κ3) is 4.52. The van der Waals surface area contributed by atoms with Gasteiger partial charge in [0, 0.05) is 46.7 Å². The van der Waals surface area contributed by atoms with Crippen LogP contribution < -0.4 is 16.4 Å². The SMILES string of the molecule is CCNC(=O)c1ccc2c(c1)NC(=O)C2=C(c1ccccc1)c1ccc(CN(C)C)cc1N. The van der Waals surface area contributed by atoms with E-state index in [1.807, 2.05) is 75.6 Å². The van der Waals surface area contributed by atoms with Gasteiger partial charge in [0.25, 0.3) is 11.8 Å². The van der Waals surface area contributed by atoms with E-state index in [4.69, 9.17) is 5.73 Å². The van der Waals surface area contributed by atoms with Crippen molar-refractivity contribution < 1.29 is 9.59 Å². The lowest BCUT2D eigenvalue weighted by molar-refractivity contribution is -0.110. The number of nitrogens with one attached hydrogen (secondary N) is 2. The van der Waals surface area contributed by atoms with Crippen molar-refractivity contribution in [3.05, 3.63) is 94.5 Å². The van der Waals surface area contributed by atoms with Crippen molar-refractivity contribution in [2.75, 3.05) is 31.7 Å². The number of benzene rings is 3. The molecule has 1 aliphatic heterocycles. The average Bonchev–Trinajstić information content (AvgIpc) is 3.11. The van der Waals surface area contributed by atoms with Gasteiger partial charge in [0.1, 0.15) is 0 Å². The molecule has 0 aliphatic carbocycles. The number of anilines is 2. The van der Waals surface area contributed by atoms with Crippen LogP contribution in [0, 0.1) is 0 Å². The number of carbonyl (C=O) groups excluding carboxylic acids is 2. The highest BCUT2D eigenvalue weighted by Crippen LogP contribution is 2.41. The first-order valence-electron chi connectivity index (χ1n) is 11.0. The zero-order chi connectivity index (χ0) is 23.5. The molecule has 0 saturated heterocycles. The molecule has 0 unspecified atom stereocenters. The number of hydrogen-bond acceptors (Lipinski definition) is 4. The lowest BCUT2D eigenvalue weighted by Crippen LogP contribution is -2.22. The van der Waals surface area contributed by atoms with Crippen LogP contribution in [0.2, 0.25) is 0 Å². The van der Waals surface area contributed by atoms with Gasteiger partial charge in [0.2, 0.25) is 0 Å². The molecule has 0 atom stereocenters. The van der Waals surface area contributed by atoms with Crippen LogP contribution in [-0.4, -0.2) is 37.4 Å². The fourth-order valence-corrected chi connectivity index (χ4v) is 4.17. The molecule has 4 N–H and O–H groups in total. The summed E-state index contributed by atoms with van der Waals surface area (Å²) in [5, 5.41) is 5.73. The standard InChI is InChI=1S/C27H28N4O2/c1-4-29-26(32)19-11-13-21-23(15-19)30-27(33)25(21)24(18-8-6-5-7-9-18)20-12-10-17(14-22(20)28)16-31(2)3/h5-15H,4,16,28H2,1-3H3,(H,29,32)(H,30,33). The smallest absolute Gasteiger partial charge is 0.257 e. The van der Waals surface area contributed by atoms with Crippen LogP contribution in [0.25, 0.3) is 11.1 Å². The Kier molecular flexibility index (Phi) is 6.29. The second kappa shape index (κ2) is 9.30. The van der Waals surface area contributed by atoms with Gasteiger partial charge in [-0.15, -0.1) is 0 Å². The van der Waals surface area contributed by atoms with Crippen LogP contribution >= 0.6 is 0 Å². The number of nitrogens with two attached hydrogens (primary N) is 1. The molecule has 3 aromatic rings. The number of nitrogens with zero attached hydrogens (tertiary/aromatic N) is 1. The normalized spacial score (nSPS) is 14.1. The third-order valence-electron chi connectivity index (χ3n) is 5.56. The Morgan fingerprint density at radius 1 is 1.00 bits per heavy atom. The highest BCUT2D eigenvalue weighted by Gasteiger charge is 2.30. The van der Waals surface area contributed by atoms with E-state index in [1.165, 1.54) is 0 Å². The number of carbonyl (C=O) groups is 2. The minimum atomic E-state index is -0.214. The van der Waals surface area contributed by atoms with Crippen LogP contribution in [0.5, 0.6) is 0 Å². The van der Waals surface area contributed by atoms with Crippen molar-refractivity contribution >= 4 is 34.3 Å². The minimum absolute atomic E-state index is 0.170. The maximum absolute atomic E-state index is 13.2. The topological polar surface area (TPSA) is 87.5 Å². The maximum Gasteiger partial charge on any atom is 0.257 e. The third-order valence-corrected chi connectivity index (χ3v) is 5.56. The molecule has 1 heterocycles. The van der Waals surface area contributed by atoms with Crippen LogP contribution in [0.3, 0.4) is 0 Å². The quantitative estimate of drug-likeness (QED) is 0.400. The van der Waals surface area contributed by atoms with E-state index < -0.39 is 0 Å². The zero-order valence-electron chi connectivity index (χ0n) is 19.1. The molecule has 0 fully saturated rings. The Morgan fingerprint density at radius 2 is 1.76 bits per heavy atom. The predicted molar refractivity (Wildman–Crippen MR) is 134 cm³/mol. The molecule has 0 bridgehead atoms. The van der Waals surface area contributed by atoms with E-state index in [9.17, 15) is 9.59 Å². The molecule has 33 heavy (non-hydrogen) atoms. The van der Waals surface area contributed by atoms with Gasteiger partial charge in [0.15, 0.2) is 0 Å². The summed E-state index contributed by atoms with van der Waals surface area (Å²) in [6, 6.07) is 21.1. The van der Waals surface area contributed by atoms with Crippen molar-refractivity contribution in [1.82, 2.24) is 10.2 Å². The second-order valence-electron chi connectivity index (χ2n) is 8.35. The Morgan fingerprint density at radius 3 is 2.42 bits per heavy atom. The lowest BCUT2D eigenvalue weighted by Gasteiger charge is -2.17. The average molecular weight is 441 g/mol. The van der Waals surface area contributed by atoms with E-state index in [0.717, 1.165) is 34.4 Å². The van der Waals surface area contributed by atoms with Crippen molar-refractivity contribution in [1.29, 1.82) is 0 Å². The van der Waals surface area contributed by atoms with Gasteiger partial charge in [-0.2, -0.15) is 0 Å². The molecule has 6 nitrogen and oxygen atoms in total. The molecule has 1 aliphatic rings. The molecule has 168 valence electrons. The van der Waals surface area contributed by atoms with Crippen LogP contribution in [0.1, 0.15) is 39.5 Å². The van der Waals surface area contributed by atoms with Crippen molar-refractivity contribution in [3.63, 3.8) is 0 Å². The number of hydrogen-bond donors (Lipinski definition) is 3. The number of amides is 2. The summed E-state index contributed by atoms with van der Waals surface area (Å²) >= 11 is 0. The molecule has 2 amide bonds. The van der Waals surface area contributed by atoms with Crippen LogP contribution in [0.4, 0.5) is 11.4 Å². The summed E-state index contributed by atoms with van der Waals surface area (Å²) in [5.41, 5.74) is 13.1. The van der Waals surface area contributed by atoms with Crippen molar-refractivity contribution in [3.8, 4) is 0 Å². The molecule has 0 saturated carbocycles. The van der Waals surface area contributed by atoms with Gasteiger partial charge in [-0.3, -0.25) is 9.59 Å². The molecule has 0 aromatic heterocycles. The molecule has 4 rings (SSSR count). The summed E-state index contributed by atoms with van der Waals surface area (Å²) in [5.74, 6) is -0.385. The fourth-order valence-electron chi connectivity index (χ4n) is 4.17. The summed E-state index contributed by atoms with van der Waals surface area (Å²) in [4.78, 5) is 27.6. The molecule has 0 spiro atoms. The van der Waals surface area contributed by atoms with E-state index in [2.05, 4.69) is 15.5 Å². The first-order chi connectivity index (χ1) is 15.9. The van der Waals surface area contributed by atoms with Gasteiger partial charge in [-0.25, -0.2) is 0 Å². The molecule has 6 heteroatoms. The van der Waals surface area contributed by atoms with Crippen LogP contribution in [-0.2, 0) is 11.3 Å². The maximum atomic E-state index is 13.2. The second-order valence-corrected chi connectivity index (χ2v) is 8.35. The Hall–Kier alpha value is -3.90. The Balaban J connectivity index is 1.90. The van der Waals surface area contributed by atoms with E-state index in [-0.39, 0.29) is 11.8 Å². The Bertz CT molecular complexity index is 1250. The molecular formula is C27H28N4O2. The summed E-state index contributed by atoms with van der Waals surface area (Å²) in [6.45, 7) is 3.18. The van der Waals surface area contributed by atoms with E-state index in [0.29, 0.717) is 29.1 Å². The first-order valence-corrected chi connectivity index (χ1v) is 11.0. The highest BCUT2D eigenvalue weighted by atomic mass is 16.2. The summed E-state index contributed by atoms with van der Waals surface area (Å²) in [7, 11) is 4.02. The van der Waals surface area contributed by atoms with Crippen molar-refractivity contribution in [2.24, 2.45) is 0 Å². The minimum Gasteiger partial charge on any atom is -0.398 e. The number of nitrogen functional groups attached to an aromatic ring is 1. The Labute approximate surface area is 194 Å². The monoisotopic (exact) mass is 440 g/mol. The first kappa shape index (κ1) is 22.3. The molecular weight excluding hydrogens is 412 g/mol. The summed E-state index contributed by atoms with van der Waals surface area (Å²) in [6.07, 6.45) is 0. The molecule has 0 radical (unpaired) electrons. The van der Waals surface area contributed by atoms with Gasteiger partial charge >= 0.3 is 0 Å². The fraction of sp³-hybridized carbons (Fsp3) is 0.185. The summed E-state index contributed by atoms with van der Waals surface area (Å²) < 4.78 is 0. The molecule has 3 aromatic carbocycles. The van der Waals surface area contributed by atoms with Gasteiger partial charge in [-0.1, -0.05) is 48.5 Å². The van der Waals surface area contributed by atoms with Crippen molar-refractivity contribution in [2.45, 2.75) is 13.5 Å². The lowest BCUT2D eigenvalue weighted by atomic mass is 9.88. The van der Waals surface area contributed by atoms with E-state index in [1.54, 1.807) is 12.1 Å². The highest BCUT2D eigenvalue weighted by molar-refractivity contribution is 6.38. The predicted octanol–water partition coefficient (Wildman–Crippen LogP) is 3.99. The van der Waals surface area contributed by atoms with Crippen LogP contribution in [0.15, 0.2) is 66.7 Å². The van der Waals surface area contributed by atoms with Gasteiger partial charge in [-0.05, 0) is 50.3 Å². The van der Waals surface area contributed by atoms with Gasteiger partial charge < -0.3 is 21.3 Å². The van der Waals surface area contributed by atoms with E-state index >= 15 is 0 Å². The van der Waals surface area contributed by atoms with Gasteiger partial charge in [0.05, 0.1) is 5.57 Å². The largest absolute Gasteiger partial charge is 0.398 e. The number of rotatable bonds is 6.